The number of aliphatic hydroxyl groups excluding tert-OH is 1. The molecule has 1 N–H and O–H groups in total. The molecule has 1 unspecified atom stereocenters. The molecule has 4 atom stereocenters. The van der Waals surface area contributed by atoms with Gasteiger partial charge in [-0.25, -0.2) is 0 Å². The first kappa shape index (κ1) is 10.0. The molecule has 1 aliphatic heterocycles. The van der Waals surface area contributed by atoms with Gasteiger partial charge in [-0.1, -0.05) is 20.3 Å². The van der Waals surface area contributed by atoms with Gasteiger partial charge in [0, 0.05) is 0 Å². The van der Waals surface area contributed by atoms with Crippen molar-refractivity contribution >= 4 is 0 Å². The highest BCUT2D eigenvalue weighted by atomic mass is 16.5. The molecule has 0 spiro atoms. The summed E-state index contributed by atoms with van der Waals surface area (Å²) in [7, 11) is 0. The zero-order valence-corrected chi connectivity index (χ0v) is 8.29. The fourth-order valence-corrected chi connectivity index (χ4v) is 1.69. The second-order valence-electron chi connectivity index (χ2n) is 3.91. The van der Waals surface area contributed by atoms with Crippen LogP contribution in [0.2, 0.25) is 0 Å². The standard InChI is InChI=1S/C10H20O2/c1-4-7(2)10-6-5-9(11)8(3)12-10/h7-11H,4-6H2,1-3H3/t7?,8-,9-,10+/m0/s1. The molecule has 0 bridgehead atoms. The molecule has 0 amide bonds. The Morgan fingerprint density at radius 3 is 2.67 bits per heavy atom. The summed E-state index contributed by atoms with van der Waals surface area (Å²) in [6.45, 7) is 6.36. The van der Waals surface area contributed by atoms with Crippen LogP contribution in [0.3, 0.4) is 0 Å². The molecule has 1 fully saturated rings. The highest BCUT2D eigenvalue weighted by molar-refractivity contribution is 4.77. The van der Waals surface area contributed by atoms with Gasteiger partial charge in [0.1, 0.15) is 0 Å². The summed E-state index contributed by atoms with van der Waals surface area (Å²) in [6.07, 6.45) is 3.22. The Labute approximate surface area is 74.9 Å². The van der Waals surface area contributed by atoms with Gasteiger partial charge in [0.25, 0.3) is 0 Å². The number of ether oxygens (including phenoxy) is 1. The summed E-state index contributed by atoms with van der Waals surface area (Å²) in [4.78, 5) is 0. The van der Waals surface area contributed by atoms with E-state index >= 15 is 0 Å². The second kappa shape index (κ2) is 4.24. The fourth-order valence-electron chi connectivity index (χ4n) is 1.69. The third kappa shape index (κ3) is 2.20. The van der Waals surface area contributed by atoms with Crippen LogP contribution in [0, 0.1) is 5.92 Å². The molecular weight excluding hydrogens is 152 g/mol. The summed E-state index contributed by atoms with van der Waals surface area (Å²) in [6, 6.07) is 0. The van der Waals surface area contributed by atoms with Gasteiger partial charge in [-0.05, 0) is 25.7 Å². The summed E-state index contributed by atoms with van der Waals surface area (Å²) < 4.78 is 5.70. The zero-order valence-electron chi connectivity index (χ0n) is 8.29. The molecule has 0 saturated carbocycles. The lowest BCUT2D eigenvalue weighted by atomic mass is 9.92. The van der Waals surface area contributed by atoms with Crippen molar-refractivity contribution in [1.82, 2.24) is 0 Å². The maximum atomic E-state index is 9.42. The van der Waals surface area contributed by atoms with E-state index in [1.54, 1.807) is 0 Å². The van der Waals surface area contributed by atoms with Crippen molar-refractivity contribution in [3.05, 3.63) is 0 Å². The first-order valence-electron chi connectivity index (χ1n) is 4.98. The average molecular weight is 172 g/mol. The quantitative estimate of drug-likeness (QED) is 0.690. The molecule has 2 nitrogen and oxygen atoms in total. The lowest BCUT2D eigenvalue weighted by Gasteiger charge is -2.34. The molecule has 2 heteroatoms. The van der Waals surface area contributed by atoms with E-state index in [9.17, 15) is 5.11 Å². The molecule has 1 rings (SSSR count). The van der Waals surface area contributed by atoms with E-state index in [-0.39, 0.29) is 12.2 Å². The van der Waals surface area contributed by atoms with Crippen LogP contribution >= 0.6 is 0 Å². The van der Waals surface area contributed by atoms with Crippen LogP contribution < -0.4 is 0 Å². The number of rotatable bonds is 2. The van der Waals surface area contributed by atoms with Crippen molar-refractivity contribution < 1.29 is 9.84 Å². The van der Waals surface area contributed by atoms with Crippen LogP contribution in [-0.4, -0.2) is 23.4 Å². The fraction of sp³-hybridized carbons (Fsp3) is 1.00. The van der Waals surface area contributed by atoms with Crippen LogP contribution in [0.1, 0.15) is 40.0 Å². The van der Waals surface area contributed by atoms with Crippen LogP contribution in [0.15, 0.2) is 0 Å². The van der Waals surface area contributed by atoms with E-state index in [0.29, 0.717) is 12.0 Å². The predicted molar refractivity (Wildman–Crippen MR) is 49.0 cm³/mol. The van der Waals surface area contributed by atoms with E-state index in [4.69, 9.17) is 4.74 Å². The average Bonchev–Trinajstić information content (AvgIpc) is 2.08. The predicted octanol–water partition coefficient (Wildman–Crippen LogP) is 1.96. The van der Waals surface area contributed by atoms with Crippen LogP contribution in [0.5, 0.6) is 0 Å². The van der Waals surface area contributed by atoms with E-state index in [0.717, 1.165) is 19.3 Å². The Bertz CT molecular complexity index is 136. The van der Waals surface area contributed by atoms with Crippen LogP contribution in [-0.2, 0) is 4.74 Å². The molecule has 72 valence electrons. The second-order valence-corrected chi connectivity index (χ2v) is 3.91. The molecule has 0 aromatic rings. The van der Waals surface area contributed by atoms with E-state index in [1.807, 2.05) is 6.92 Å². The van der Waals surface area contributed by atoms with Crippen molar-refractivity contribution in [2.75, 3.05) is 0 Å². The number of aliphatic hydroxyl groups is 1. The first-order valence-corrected chi connectivity index (χ1v) is 4.98. The maximum Gasteiger partial charge on any atom is 0.0809 e. The van der Waals surface area contributed by atoms with E-state index in [2.05, 4.69) is 13.8 Å². The van der Waals surface area contributed by atoms with Crippen molar-refractivity contribution in [1.29, 1.82) is 0 Å². The Morgan fingerprint density at radius 2 is 2.17 bits per heavy atom. The molecule has 0 aliphatic carbocycles. The third-order valence-corrected chi connectivity index (χ3v) is 2.96. The number of hydrogen-bond acceptors (Lipinski definition) is 2. The summed E-state index contributed by atoms with van der Waals surface area (Å²) in [5.74, 6) is 0.625. The highest BCUT2D eigenvalue weighted by Gasteiger charge is 2.28. The van der Waals surface area contributed by atoms with Gasteiger partial charge in [0.2, 0.25) is 0 Å². The molecule has 1 saturated heterocycles. The van der Waals surface area contributed by atoms with E-state index < -0.39 is 0 Å². The molecule has 12 heavy (non-hydrogen) atoms. The molecule has 1 heterocycles. The summed E-state index contributed by atoms with van der Waals surface area (Å²) in [5.41, 5.74) is 0. The molecule has 0 aromatic heterocycles. The zero-order chi connectivity index (χ0) is 9.14. The van der Waals surface area contributed by atoms with Gasteiger partial charge >= 0.3 is 0 Å². The maximum absolute atomic E-state index is 9.42. The minimum atomic E-state index is -0.245. The molecular formula is C10H20O2. The van der Waals surface area contributed by atoms with Gasteiger partial charge in [-0.3, -0.25) is 0 Å². The SMILES string of the molecule is CCC(C)[C@H]1CC[C@H](O)[C@H](C)O1. The van der Waals surface area contributed by atoms with Crippen molar-refractivity contribution in [2.45, 2.75) is 58.3 Å². The highest BCUT2D eigenvalue weighted by Crippen LogP contribution is 2.25. The normalized spacial score (nSPS) is 39.5. The molecule has 1 aliphatic rings. The summed E-state index contributed by atoms with van der Waals surface area (Å²) >= 11 is 0. The monoisotopic (exact) mass is 172 g/mol. The minimum Gasteiger partial charge on any atom is -0.390 e. The largest absolute Gasteiger partial charge is 0.390 e. The van der Waals surface area contributed by atoms with Gasteiger partial charge in [0.05, 0.1) is 18.3 Å². The lowest BCUT2D eigenvalue weighted by Crippen LogP contribution is -2.39. The lowest BCUT2D eigenvalue weighted by molar-refractivity contribution is -0.125. The van der Waals surface area contributed by atoms with Crippen LogP contribution in [0.4, 0.5) is 0 Å². The van der Waals surface area contributed by atoms with Gasteiger partial charge in [0.15, 0.2) is 0 Å². The number of hydrogen-bond donors (Lipinski definition) is 1. The Balaban J connectivity index is 2.39. The smallest absolute Gasteiger partial charge is 0.0809 e. The third-order valence-electron chi connectivity index (χ3n) is 2.96. The Kier molecular flexibility index (Phi) is 3.53. The van der Waals surface area contributed by atoms with Crippen molar-refractivity contribution in [3.63, 3.8) is 0 Å². The topological polar surface area (TPSA) is 29.5 Å². The van der Waals surface area contributed by atoms with Gasteiger partial charge in [-0.15, -0.1) is 0 Å². The van der Waals surface area contributed by atoms with E-state index in [1.165, 1.54) is 0 Å². The Hall–Kier alpha value is -0.0800. The van der Waals surface area contributed by atoms with Gasteiger partial charge < -0.3 is 9.84 Å². The summed E-state index contributed by atoms with van der Waals surface area (Å²) in [5, 5.41) is 9.42. The first-order chi connectivity index (χ1) is 5.65. The minimum absolute atomic E-state index is 0.0257. The van der Waals surface area contributed by atoms with Crippen molar-refractivity contribution in [3.8, 4) is 0 Å². The Morgan fingerprint density at radius 1 is 1.50 bits per heavy atom. The molecule has 0 aromatic carbocycles. The van der Waals surface area contributed by atoms with Gasteiger partial charge in [-0.2, -0.15) is 0 Å². The molecule has 0 radical (unpaired) electrons. The van der Waals surface area contributed by atoms with Crippen LogP contribution in [0.25, 0.3) is 0 Å². The van der Waals surface area contributed by atoms with Crippen molar-refractivity contribution in [2.24, 2.45) is 5.92 Å².